The molecule has 3 heteroatoms. The van der Waals surface area contributed by atoms with Crippen molar-refractivity contribution in [2.24, 2.45) is 0 Å². The molecule has 2 heterocycles. The highest BCUT2D eigenvalue weighted by molar-refractivity contribution is 5.76. The summed E-state index contributed by atoms with van der Waals surface area (Å²) in [5, 5.41) is 0. The third kappa shape index (κ3) is 3.09. The molecular formula is C17H24N2O. The minimum absolute atomic E-state index is 0.0293. The van der Waals surface area contributed by atoms with Crippen LogP contribution in [0.15, 0.2) is 18.3 Å². The van der Waals surface area contributed by atoms with Gasteiger partial charge in [0.2, 0.25) is 5.91 Å². The number of pyridine rings is 1. The fourth-order valence-corrected chi connectivity index (χ4v) is 2.61. The molecule has 0 N–H and O–H groups in total. The van der Waals surface area contributed by atoms with Crippen molar-refractivity contribution in [2.75, 3.05) is 13.1 Å². The maximum atomic E-state index is 11.4. The zero-order chi connectivity index (χ0) is 14.9. The standard InChI is InChI=1S/C17H24N2O/c1-12-10-15(16(18-11-12)17(3,4)5)14-6-8-19(9-7-14)13(2)20/h6,10-11H,7-9H2,1-5H3. The van der Waals surface area contributed by atoms with Crippen molar-refractivity contribution < 1.29 is 4.79 Å². The number of hydrogen-bond acceptors (Lipinski definition) is 2. The van der Waals surface area contributed by atoms with Crippen LogP contribution in [-0.2, 0) is 10.2 Å². The quantitative estimate of drug-likeness (QED) is 0.785. The van der Waals surface area contributed by atoms with E-state index in [0.29, 0.717) is 6.54 Å². The lowest BCUT2D eigenvalue weighted by molar-refractivity contribution is -0.128. The van der Waals surface area contributed by atoms with Crippen LogP contribution < -0.4 is 0 Å². The SMILES string of the molecule is CC(=O)N1CC=C(c2cc(C)cnc2C(C)(C)C)CC1. The van der Waals surface area contributed by atoms with Gasteiger partial charge in [0.25, 0.3) is 0 Å². The zero-order valence-corrected chi connectivity index (χ0v) is 13.2. The van der Waals surface area contributed by atoms with Gasteiger partial charge in [0, 0.05) is 31.6 Å². The van der Waals surface area contributed by atoms with Crippen molar-refractivity contribution in [3.05, 3.63) is 35.2 Å². The smallest absolute Gasteiger partial charge is 0.219 e. The third-order valence-electron chi connectivity index (χ3n) is 3.74. The second-order valence-corrected chi connectivity index (χ2v) is 6.60. The van der Waals surface area contributed by atoms with Crippen LogP contribution >= 0.6 is 0 Å². The van der Waals surface area contributed by atoms with E-state index in [2.05, 4.69) is 44.8 Å². The maximum Gasteiger partial charge on any atom is 0.219 e. The molecule has 0 radical (unpaired) electrons. The summed E-state index contributed by atoms with van der Waals surface area (Å²) in [5.41, 5.74) is 4.93. The average molecular weight is 272 g/mol. The summed E-state index contributed by atoms with van der Waals surface area (Å²) in [6.45, 7) is 11.8. The Morgan fingerprint density at radius 2 is 2.05 bits per heavy atom. The van der Waals surface area contributed by atoms with Crippen LogP contribution in [0.4, 0.5) is 0 Å². The molecule has 1 aromatic heterocycles. The molecule has 0 spiro atoms. The van der Waals surface area contributed by atoms with Crippen molar-refractivity contribution >= 4 is 11.5 Å². The molecule has 0 saturated heterocycles. The number of amides is 1. The predicted octanol–water partition coefficient (Wildman–Crippen LogP) is 3.32. The Morgan fingerprint density at radius 1 is 1.35 bits per heavy atom. The van der Waals surface area contributed by atoms with Gasteiger partial charge in [0.05, 0.1) is 5.69 Å². The molecule has 108 valence electrons. The van der Waals surface area contributed by atoms with Gasteiger partial charge in [-0.25, -0.2) is 0 Å². The Kier molecular flexibility index (Phi) is 3.98. The van der Waals surface area contributed by atoms with Crippen LogP contribution in [0.25, 0.3) is 5.57 Å². The summed E-state index contributed by atoms with van der Waals surface area (Å²) in [5.74, 6) is 0.152. The first-order valence-corrected chi connectivity index (χ1v) is 7.21. The first kappa shape index (κ1) is 14.8. The molecular weight excluding hydrogens is 248 g/mol. The monoisotopic (exact) mass is 272 g/mol. The molecule has 0 unspecified atom stereocenters. The maximum absolute atomic E-state index is 11.4. The number of aromatic nitrogens is 1. The Bertz CT molecular complexity index is 553. The topological polar surface area (TPSA) is 33.2 Å². The fourth-order valence-electron chi connectivity index (χ4n) is 2.61. The van der Waals surface area contributed by atoms with E-state index >= 15 is 0 Å². The molecule has 1 aromatic rings. The summed E-state index contributed by atoms with van der Waals surface area (Å²) >= 11 is 0. The van der Waals surface area contributed by atoms with Crippen LogP contribution in [-0.4, -0.2) is 28.9 Å². The van der Waals surface area contributed by atoms with Gasteiger partial charge >= 0.3 is 0 Å². The molecule has 3 nitrogen and oxygen atoms in total. The lowest BCUT2D eigenvalue weighted by Gasteiger charge is -2.28. The van der Waals surface area contributed by atoms with Gasteiger partial charge in [-0.1, -0.05) is 26.8 Å². The first-order chi connectivity index (χ1) is 9.29. The molecule has 0 aromatic carbocycles. The van der Waals surface area contributed by atoms with Crippen molar-refractivity contribution in [3.63, 3.8) is 0 Å². The van der Waals surface area contributed by atoms with E-state index in [4.69, 9.17) is 0 Å². The molecule has 1 aliphatic heterocycles. The first-order valence-electron chi connectivity index (χ1n) is 7.21. The van der Waals surface area contributed by atoms with E-state index in [-0.39, 0.29) is 11.3 Å². The van der Waals surface area contributed by atoms with Crippen molar-refractivity contribution in [2.45, 2.75) is 46.5 Å². The number of aryl methyl sites for hydroxylation is 1. The lowest BCUT2D eigenvalue weighted by Crippen LogP contribution is -2.33. The minimum Gasteiger partial charge on any atom is -0.339 e. The zero-order valence-electron chi connectivity index (χ0n) is 13.2. The fraction of sp³-hybridized carbons (Fsp3) is 0.529. The van der Waals surface area contributed by atoms with E-state index in [1.54, 1.807) is 6.92 Å². The minimum atomic E-state index is 0.0293. The van der Waals surface area contributed by atoms with Crippen molar-refractivity contribution in [1.82, 2.24) is 9.88 Å². The molecule has 20 heavy (non-hydrogen) atoms. The summed E-state index contributed by atoms with van der Waals surface area (Å²) in [6.07, 6.45) is 5.03. The summed E-state index contributed by atoms with van der Waals surface area (Å²) in [4.78, 5) is 17.9. The van der Waals surface area contributed by atoms with Crippen LogP contribution in [0, 0.1) is 6.92 Å². The molecule has 0 aliphatic carbocycles. The van der Waals surface area contributed by atoms with E-state index < -0.39 is 0 Å². The Morgan fingerprint density at radius 3 is 2.55 bits per heavy atom. The average Bonchev–Trinajstić information content (AvgIpc) is 2.37. The van der Waals surface area contributed by atoms with Gasteiger partial charge in [-0.05, 0) is 36.1 Å². The number of rotatable bonds is 1. The van der Waals surface area contributed by atoms with Crippen LogP contribution in [0.3, 0.4) is 0 Å². The number of nitrogens with zero attached hydrogens (tertiary/aromatic N) is 2. The molecule has 0 saturated carbocycles. The highest BCUT2D eigenvalue weighted by Gasteiger charge is 2.23. The number of carbonyl (C=O) groups is 1. The number of hydrogen-bond donors (Lipinski definition) is 0. The van der Waals surface area contributed by atoms with Gasteiger partial charge in [-0.2, -0.15) is 0 Å². The lowest BCUT2D eigenvalue weighted by atomic mass is 9.84. The molecule has 0 fully saturated rings. The van der Waals surface area contributed by atoms with Gasteiger partial charge in [-0.3, -0.25) is 9.78 Å². The largest absolute Gasteiger partial charge is 0.339 e. The Hall–Kier alpha value is -1.64. The van der Waals surface area contributed by atoms with E-state index in [1.165, 1.54) is 16.7 Å². The second-order valence-electron chi connectivity index (χ2n) is 6.60. The molecule has 1 aliphatic rings. The van der Waals surface area contributed by atoms with Crippen molar-refractivity contribution in [1.29, 1.82) is 0 Å². The molecule has 0 atom stereocenters. The van der Waals surface area contributed by atoms with Gasteiger partial charge in [-0.15, -0.1) is 0 Å². The highest BCUT2D eigenvalue weighted by Crippen LogP contribution is 2.32. The van der Waals surface area contributed by atoms with Crippen LogP contribution in [0.1, 0.15) is 50.9 Å². The molecule has 2 rings (SSSR count). The summed E-state index contributed by atoms with van der Waals surface area (Å²) in [7, 11) is 0. The normalized spacial score (nSPS) is 16.1. The van der Waals surface area contributed by atoms with E-state index in [0.717, 1.165) is 18.7 Å². The van der Waals surface area contributed by atoms with Crippen molar-refractivity contribution in [3.8, 4) is 0 Å². The van der Waals surface area contributed by atoms with Gasteiger partial charge < -0.3 is 4.90 Å². The number of carbonyl (C=O) groups excluding carboxylic acids is 1. The van der Waals surface area contributed by atoms with E-state index in [9.17, 15) is 4.79 Å². The van der Waals surface area contributed by atoms with Crippen LogP contribution in [0.5, 0.6) is 0 Å². The summed E-state index contributed by atoms with van der Waals surface area (Å²) < 4.78 is 0. The molecule has 1 amide bonds. The highest BCUT2D eigenvalue weighted by atomic mass is 16.2. The Labute approximate surface area is 121 Å². The van der Waals surface area contributed by atoms with E-state index in [1.807, 2.05) is 11.1 Å². The third-order valence-corrected chi connectivity index (χ3v) is 3.74. The second kappa shape index (κ2) is 5.39. The van der Waals surface area contributed by atoms with Gasteiger partial charge in [0.15, 0.2) is 0 Å². The summed E-state index contributed by atoms with van der Waals surface area (Å²) in [6, 6.07) is 2.23. The van der Waals surface area contributed by atoms with Gasteiger partial charge in [0.1, 0.15) is 0 Å². The Balaban J connectivity index is 2.38. The predicted molar refractivity (Wildman–Crippen MR) is 82.5 cm³/mol. The molecule has 0 bridgehead atoms. The van der Waals surface area contributed by atoms with Crippen LogP contribution in [0.2, 0.25) is 0 Å².